The molecule has 1 saturated heterocycles. The molecule has 1 aliphatic rings. The quantitative estimate of drug-likeness (QED) is 0.638. The van der Waals surface area contributed by atoms with Crippen LogP contribution in [0.15, 0.2) is 36.5 Å². The van der Waals surface area contributed by atoms with Gasteiger partial charge in [-0.25, -0.2) is 22.8 Å². The number of para-hydroxylation sites is 2. The van der Waals surface area contributed by atoms with Crippen molar-refractivity contribution in [1.82, 2.24) is 18.8 Å². The Hall–Kier alpha value is -2.52. The fourth-order valence-electron chi connectivity index (χ4n) is 3.74. The van der Waals surface area contributed by atoms with Crippen molar-refractivity contribution in [2.24, 2.45) is 7.05 Å². The summed E-state index contributed by atoms with van der Waals surface area (Å²) in [6, 6.07) is 9.37. The molecule has 0 bridgehead atoms. The molecule has 0 atom stereocenters. The summed E-state index contributed by atoms with van der Waals surface area (Å²) in [5, 5.41) is 0. The summed E-state index contributed by atoms with van der Waals surface area (Å²) in [6.45, 7) is 3.71. The van der Waals surface area contributed by atoms with Crippen LogP contribution in [0.1, 0.15) is 13.3 Å². The van der Waals surface area contributed by atoms with Gasteiger partial charge >= 0.3 is 0 Å². The number of pyridine rings is 1. The lowest BCUT2D eigenvalue weighted by molar-refractivity contribution is 0.383. The van der Waals surface area contributed by atoms with E-state index in [-0.39, 0.29) is 5.75 Å². The van der Waals surface area contributed by atoms with Gasteiger partial charge in [-0.15, -0.1) is 0 Å². The van der Waals surface area contributed by atoms with Crippen molar-refractivity contribution in [1.29, 1.82) is 0 Å². The number of hydrogen-bond acceptors (Lipinski definition) is 5. The van der Waals surface area contributed by atoms with Crippen molar-refractivity contribution < 1.29 is 12.8 Å². The van der Waals surface area contributed by atoms with E-state index in [1.165, 1.54) is 10.5 Å². The molecule has 0 N–H and O–H groups in total. The van der Waals surface area contributed by atoms with Crippen molar-refractivity contribution >= 4 is 26.9 Å². The summed E-state index contributed by atoms with van der Waals surface area (Å²) >= 11 is 0. The SMILES string of the molecule is CCCS(=O)(=O)N1CCN(c2cc(-c3nc4ccccc4n3C)c(F)cn2)CC1. The second kappa shape index (κ2) is 7.72. The van der Waals surface area contributed by atoms with Crippen LogP contribution in [0.4, 0.5) is 10.2 Å². The van der Waals surface area contributed by atoms with Crippen LogP contribution in [0.3, 0.4) is 0 Å². The van der Waals surface area contributed by atoms with E-state index < -0.39 is 15.8 Å². The van der Waals surface area contributed by atoms with Crippen LogP contribution in [0, 0.1) is 5.82 Å². The molecule has 7 nitrogen and oxygen atoms in total. The van der Waals surface area contributed by atoms with E-state index in [1.807, 2.05) is 47.7 Å². The molecule has 0 saturated carbocycles. The number of anilines is 1. The second-order valence-electron chi connectivity index (χ2n) is 7.21. The summed E-state index contributed by atoms with van der Waals surface area (Å²) in [6.07, 6.45) is 1.81. The van der Waals surface area contributed by atoms with Gasteiger partial charge < -0.3 is 9.47 Å². The first kappa shape index (κ1) is 19.8. The Labute approximate surface area is 169 Å². The number of hydrogen-bond donors (Lipinski definition) is 0. The molecule has 3 heterocycles. The Morgan fingerprint density at radius 2 is 1.86 bits per heavy atom. The smallest absolute Gasteiger partial charge is 0.214 e. The molecule has 1 aliphatic heterocycles. The number of halogens is 1. The number of nitrogens with zero attached hydrogens (tertiary/aromatic N) is 5. The molecule has 0 spiro atoms. The Bertz CT molecular complexity index is 1140. The number of rotatable bonds is 5. The molecule has 1 fully saturated rings. The molecule has 0 unspecified atom stereocenters. The Morgan fingerprint density at radius 3 is 2.55 bits per heavy atom. The van der Waals surface area contributed by atoms with Crippen LogP contribution in [-0.2, 0) is 17.1 Å². The maximum atomic E-state index is 14.6. The Kier molecular flexibility index (Phi) is 5.26. The van der Waals surface area contributed by atoms with Crippen LogP contribution in [0.25, 0.3) is 22.4 Å². The van der Waals surface area contributed by atoms with Gasteiger partial charge in [-0.2, -0.15) is 4.31 Å². The lowest BCUT2D eigenvalue weighted by atomic mass is 10.2. The van der Waals surface area contributed by atoms with E-state index in [0.29, 0.717) is 49.8 Å². The minimum atomic E-state index is -3.20. The second-order valence-corrected chi connectivity index (χ2v) is 9.30. The first-order valence-corrected chi connectivity index (χ1v) is 11.3. The van der Waals surface area contributed by atoms with Gasteiger partial charge in [0, 0.05) is 33.2 Å². The monoisotopic (exact) mass is 417 g/mol. The number of piperazine rings is 1. The molecule has 29 heavy (non-hydrogen) atoms. The van der Waals surface area contributed by atoms with E-state index >= 15 is 0 Å². The fraction of sp³-hybridized carbons (Fsp3) is 0.400. The first-order chi connectivity index (χ1) is 13.9. The third-order valence-corrected chi connectivity index (χ3v) is 7.36. The normalized spacial score (nSPS) is 15.9. The third kappa shape index (κ3) is 3.72. The first-order valence-electron chi connectivity index (χ1n) is 9.71. The highest BCUT2D eigenvalue weighted by Crippen LogP contribution is 2.28. The van der Waals surface area contributed by atoms with Gasteiger partial charge in [0.2, 0.25) is 10.0 Å². The average Bonchev–Trinajstić information content (AvgIpc) is 3.05. The van der Waals surface area contributed by atoms with Gasteiger partial charge in [-0.05, 0) is 24.6 Å². The van der Waals surface area contributed by atoms with Crippen molar-refractivity contribution in [2.75, 3.05) is 36.8 Å². The Balaban J connectivity index is 1.60. The van der Waals surface area contributed by atoms with Crippen molar-refractivity contribution in [2.45, 2.75) is 13.3 Å². The van der Waals surface area contributed by atoms with Gasteiger partial charge in [0.15, 0.2) is 5.82 Å². The van der Waals surface area contributed by atoms with Gasteiger partial charge in [0.1, 0.15) is 11.6 Å². The van der Waals surface area contributed by atoms with E-state index in [1.54, 1.807) is 6.07 Å². The molecular formula is C20H24FN5O2S. The summed E-state index contributed by atoms with van der Waals surface area (Å²) in [5.74, 6) is 0.896. The summed E-state index contributed by atoms with van der Waals surface area (Å²) in [4.78, 5) is 10.8. The minimum absolute atomic E-state index is 0.165. The zero-order valence-corrected chi connectivity index (χ0v) is 17.4. The number of aromatic nitrogens is 3. The van der Waals surface area contributed by atoms with E-state index in [2.05, 4.69) is 9.97 Å². The van der Waals surface area contributed by atoms with E-state index in [4.69, 9.17) is 0 Å². The topological polar surface area (TPSA) is 71.3 Å². The zero-order chi connectivity index (χ0) is 20.6. The van der Waals surface area contributed by atoms with Crippen LogP contribution >= 0.6 is 0 Å². The van der Waals surface area contributed by atoms with Gasteiger partial charge in [0.05, 0.1) is 28.5 Å². The molecule has 0 aliphatic carbocycles. The molecule has 1 aromatic carbocycles. The molecular weight excluding hydrogens is 393 g/mol. The Morgan fingerprint density at radius 1 is 1.14 bits per heavy atom. The summed E-state index contributed by atoms with van der Waals surface area (Å²) in [7, 11) is -1.34. The highest BCUT2D eigenvalue weighted by atomic mass is 32.2. The van der Waals surface area contributed by atoms with Crippen LogP contribution in [0.2, 0.25) is 0 Å². The predicted octanol–water partition coefficient (Wildman–Crippen LogP) is 2.64. The number of sulfonamides is 1. The standard InChI is InChI=1S/C20H24FN5O2S/c1-3-12-29(27,28)26-10-8-25(9-11-26)19-13-15(16(21)14-22-19)20-23-17-6-4-5-7-18(17)24(20)2/h4-7,13-14H,3,8-12H2,1-2H3. The largest absolute Gasteiger partial charge is 0.354 e. The zero-order valence-electron chi connectivity index (χ0n) is 16.5. The van der Waals surface area contributed by atoms with Gasteiger partial charge in [-0.1, -0.05) is 19.1 Å². The lowest BCUT2D eigenvalue weighted by Crippen LogP contribution is -2.49. The average molecular weight is 418 g/mol. The number of benzene rings is 1. The summed E-state index contributed by atoms with van der Waals surface area (Å²) in [5.41, 5.74) is 2.11. The number of imidazole rings is 1. The maximum absolute atomic E-state index is 14.6. The predicted molar refractivity (Wildman–Crippen MR) is 112 cm³/mol. The molecule has 0 radical (unpaired) electrons. The highest BCUT2D eigenvalue weighted by Gasteiger charge is 2.27. The molecule has 9 heteroatoms. The molecule has 2 aromatic heterocycles. The minimum Gasteiger partial charge on any atom is -0.354 e. The third-order valence-electron chi connectivity index (χ3n) is 5.29. The molecule has 0 amide bonds. The van der Waals surface area contributed by atoms with E-state index in [9.17, 15) is 12.8 Å². The van der Waals surface area contributed by atoms with Crippen LogP contribution in [-0.4, -0.2) is 59.2 Å². The molecule has 4 rings (SSSR count). The summed E-state index contributed by atoms with van der Waals surface area (Å²) < 4.78 is 42.5. The number of fused-ring (bicyclic) bond motifs is 1. The van der Waals surface area contributed by atoms with Crippen molar-refractivity contribution in [3.63, 3.8) is 0 Å². The van der Waals surface area contributed by atoms with Crippen molar-refractivity contribution in [3.8, 4) is 11.4 Å². The van der Waals surface area contributed by atoms with Gasteiger partial charge in [-0.3, -0.25) is 0 Å². The van der Waals surface area contributed by atoms with Crippen LogP contribution in [0.5, 0.6) is 0 Å². The van der Waals surface area contributed by atoms with Crippen LogP contribution < -0.4 is 4.90 Å². The van der Waals surface area contributed by atoms with E-state index in [0.717, 1.165) is 11.0 Å². The molecule has 3 aromatic rings. The van der Waals surface area contributed by atoms with Gasteiger partial charge in [0.25, 0.3) is 0 Å². The lowest BCUT2D eigenvalue weighted by Gasteiger charge is -2.34. The fourth-order valence-corrected chi connectivity index (χ4v) is 5.23. The molecule has 154 valence electrons. The number of aryl methyl sites for hydroxylation is 1. The maximum Gasteiger partial charge on any atom is 0.214 e. The van der Waals surface area contributed by atoms with Crippen molar-refractivity contribution in [3.05, 3.63) is 42.3 Å². The highest BCUT2D eigenvalue weighted by molar-refractivity contribution is 7.89.